The van der Waals surface area contributed by atoms with Crippen molar-refractivity contribution in [2.24, 2.45) is 0 Å². The van der Waals surface area contributed by atoms with Gasteiger partial charge in [0, 0.05) is 17.2 Å². The van der Waals surface area contributed by atoms with Crippen LogP contribution in [-0.2, 0) is 6.18 Å². The van der Waals surface area contributed by atoms with Gasteiger partial charge in [-0.3, -0.25) is 4.98 Å². The van der Waals surface area contributed by atoms with Crippen LogP contribution in [0.1, 0.15) is 12.5 Å². The average molecular weight is 301 g/mol. The van der Waals surface area contributed by atoms with Gasteiger partial charge in [-0.2, -0.15) is 13.2 Å². The number of thioether (sulfide) groups is 1. The normalized spacial score (nSPS) is 11.6. The number of nitrogens with zero attached hydrogens (tertiary/aromatic N) is 3. The fraction of sp³-hybridized carbons (Fsp3) is 0.250. The van der Waals surface area contributed by atoms with Gasteiger partial charge in [-0.25, -0.2) is 0 Å². The molecule has 106 valence electrons. The van der Waals surface area contributed by atoms with Gasteiger partial charge < -0.3 is 5.11 Å². The zero-order chi connectivity index (χ0) is 14.8. The minimum atomic E-state index is -4.44. The first-order valence-corrected chi connectivity index (χ1v) is 6.63. The first-order chi connectivity index (χ1) is 9.41. The molecule has 0 atom stereocenters. The lowest BCUT2D eigenvalue weighted by molar-refractivity contribution is -0.138. The first-order valence-electron chi connectivity index (χ1n) is 5.65. The van der Waals surface area contributed by atoms with Crippen molar-refractivity contribution in [3.63, 3.8) is 0 Å². The third-order valence-electron chi connectivity index (χ3n) is 2.37. The number of halogens is 3. The van der Waals surface area contributed by atoms with Crippen molar-refractivity contribution in [2.75, 3.05) is 5.75 Å². The van der Waals surface area contributed by atoms with Gasteiger partial charge in [-0.05, 0) is 17.9 Å². The third kappa shape index (κ3) is 3.19. The fourth-order valence-electron chi connectivity index (χ4n) is 1.51. The molecule has 8 heteroatoms. The summed E-state index contributed by atoms with van der Waals surface area (Å²) >= 11 is 1.24. The molecular formula is C12H10F3N3OS. The number of hydrogen-bond acceptors (Lipinski definition) is 5. The molecule has 2 aromatic rings. The Labute approximate surface area is 117 Å². The fourth-order valence-corrected chi connectivity index (χ4v) is 2.32. The molecule has 0 saturated carbocycles. The Kier molecular flexibility index (Phi) is 4.12. The first kappa shape index (κ1) is 14.6. The van der Waals surface area contributed by atoms with E-state index >= 15 is 0 Å². The summed E-state index contributed by atoms with van der Waals surface area (Å²) in [6.07, 6.45) is -3.67. The Bertz CT molecular complexity index is 602. The molecule has 0 fully saturated rings. The molecule has 0 bridgehead atoms. The van der Waals surface area contributed by atoms with Crippen molar-refractivity contribution >= 4 is 11.8 Å². The number of aromatic hydroxyl groups is 1. The highest BCUT2D eigenvalue weighted by Gasteiger charge is 2.32. The second-order valence-corrected chi connectivity index (χ2v) is 5.08. The summed E-state index contributed by atoms with van der Waals surface area (Å²) < 4.78 is 38.1. The van der Waals surface area contributed by atoms with E-state index in [1.165, 1.54) is 23.9 Å². The van der Waals surface area contributed by atoms with Crippen LogP contribution in [0.25, 0.3) is 11.4 Å². The minimum absolute atomic E-state index is 0.259. The lowest BCUT2D eigenvalue weighted by Crippen LogP contribution is -2.06. The lowest BCUT2D eigenvalue weighted by atomic mass is 10.2. The maximum atomic E-state index is 12.7. The van der Waals surface area contributed by atoms with Crippen LogP contribution in [0.2, 0.25) is 0 Å². The van der Waals surface area contributed by atoms with Crippen molar-refractivity contribution in [3.05, 3.63) is 30.0 Å². The lowest BCUT2D eigenvalue weighted by Gasteiger charge is -2.11. The molecule has 2 rings (SSSR count). The zero-order valence-electron chi connectivity index (χ0n) is 10.3. The Morgan fingerprint density at radius 3 is 2.55 bits per heavy atom. The molecule has 0 spiro atoms. The van der Waals surface area contributed by atoms with Gasteiger partial charge in [-0.15, -0.1) is 22.0 Å². The quantitative estimate of drug-likeness (QED) is 0.881. The monoisotopic (exact) mass is 301 g/mol. The molecule has 1 N–H and O–H groups in total. The number of alkyl halides is 3. The van der Waals surface area contributed by atoms with Gasteiger partial charge >= 0.3 is 6.18 Å². The van der Waals surface area contributed by atoms with Crippen LogP contribution in [0.15, 0.2) is 29.3 Å². The number of aromatic nitrogens is 3. The minimum Gasteiger partial charge on any atom is -0.492 e. The van der Waals surface area contributed by atoms with Crippen molar-refractivity contribution in [1.82, 2.24) is 15.2 Å². The average Bonchev–Trinajstić information content (AvgIpc) is 2.39. The molecular weight excluding hydrogens is 291 g/mol. The number of rotatable bonds is 3. The van der Waals surface area contributed by atoms with E-state index in [0.29, 0.717) is 22.0 Å². The van der Waals surface area contributed by atoms with E-state index in [-0.39, 0.29) is 5.88 Å². The summed E-state index contributed by atoms with van der Waals surface area (Å²) in [7, 11) is 0. The molecule has 2 aromatic heterocycles. The van der Waals surface area contributed by atoms with E-state index in [9.17, 15) is 13.2 Å². The Morgan fingerprint density at radius 2 is 2.00 bits per heavy atom. The maximum absolute atomic E-state index is 12.7. The summed E-state index contributed by atoms with van der Waals surface area (Å²) in [6.45, 7) is 1.83. The standard InChI is InChI=1S/C12H10F3N3OS/c1-2-20-9-5-7(12(13,14)15)6-16-11(9)8-3-4-10(19)18-17-8/h3-6H,2H2,1H3,(H,18,19). The molecule has 0 amide bonds. The second-order valence-electron chi connectivity index (χ2n) is 3.78. The molecule has 0 aliphatic rings. The Morgan fingerprint density at radius 1 is 1.25 bits per heavy atom. The molecule has 0 unspecified atom stereocenters. The largest absolute Gasteiger partial charge is 0.492 e. The molecule has 0 aliphatic heterocycles. The Balaban J connectivity index is 2.50. The summed E-state index contributed by atoms with van der Waals surface area (Å²) in [5.41, 5.74) is -0.172. The topological polar surface area (TPSA) is 58.9 Å². The van der Waals surface area contributed by atoms with E-state index in [1.807, 2.05) is 6.92 Å². The summed E-state index contributed by atoms with van der Waals surface area (Å²) in [4.78, 5) is 4.22. The van der Waals surface area contributed by atoms with Gasteiger partial charge in [0.05, 0.1) is 5.56 Å². The number of pyridine rings is 1. The second kappa shape index (κ2) is 5.66. The van der Waals surface area contributed by atoms with E-state index in [1.54, 1.807) is 0 Å². The van der Waals surface area contributed by atoms with E-state index in [2.05, 4.69) is 15.2 Å². The van der Waals surface area contributed by atoms with Crippen LogP contribution in [0.3, 0.4) is 0 Å². The SMILES string of the molecule is CCSc1cc(C(F)(F)F)cnc1-c1ccc(O)nn1. The van der Waals surface area contributed by atoms with Crippen molar-refractivity contribution in [2.45, 2.75) is 18.0 Å². The smallest absolute Gasteiger partial charge is 0.417 e. The van der Waals surface area contributed by atoms with Gasteiger partial charge in [0.15, 0.2) is 0 Å². The highest BCUT2D eigenvalue weighted by molar-refractivity contribution is 7.99. The van der Waals surface area contributed by atoms with E-state index in [4.69, 9.17) is 5.11 Å². The van der Waals surface area contributed by atoms with Crippen LogP contribution in [0, 0.1) is 0 Å². The van der Waals surface area contributed by atoms with Crippen LogP contribution >= 0.6 is 11.8 Å². The third-order valence-corrected chi connectivity index (χ3v) is 3.28. The van der Waals surface area contributed by atoms with Crippen LogP contribution < -0.4 is 0 Å². The van der Waals surface area contributed by atoms with Crippen LogP contribution in [0.5, 0.6) is 5.88 Å². The predicted molar refractivity (Wildman–Crippen MR) is 68.3 cm³/mol. The van der Waals surface area contributed by atoms with Crippen molar-refractivity contribution in [3.8, 4) is 17.3 Å². The van der Waals surface area contributed by atoms with Gasteiger partial charge in [0.2, 0.25) is 5.88 Å². The number of hydrogen-bond donors (Lipinski definition) is 1. The molecule has 0 saturated heterocycles. The van der Waals surface area contributed by atoms with E-state index < -0.39 is 11.7 Å². The van der Waals surface area contributed by atoms with Crippen molar-refractivity contribution < 1.29 is 18.3 Å². The van der Waals surface area contributed by atoms with Crippen LogP contribution in [0.4, 0.5) is 13.2 Å². The molecule has 2 heterocycles. The molecule has 0 aromatic carbocycles. The maximum Gasteiger partial charge on any atom is 0.417 e. The van der Waals surface area contributed by atoms with Gasteiger partial charge in [0.1, 0.15) is 11.4 Å². The predicted octanol–water partition coefficient (Wildman–Crippen LogP) is 3.38. The van der Waals surface area contributed by atoms with Gasteiger partial charge in [0.25, 0.3) is 0 Å². The van der Waals surface area contributed by atoms with Crippen molar-refractivity contribution in [1.29, 1.82) is 0 Å². The highest BCUT2D eigenvalue weighted by atomic mass is 32.2. The molecule has 4 nitrogen and oxygen atoms in total. The molecule has 0 radical (unpaired) electrons. The summed E-state index contributed by atoms with van der Waals surface area (Å²) in [5, 5.41) is 16.3. The zero-order valence-corrected chi connectivity index (χ0v) is 11.2. The van der Waals surface area contributed by atoms with Gasteiger partial charge in [-0.1, -0.05) is 6.92 Å². The summed E-state index contributed by atoms with van der Waals surface area (Å²) in [5.74, 6) is 0.340. The highest BCUT2D eigenvalue weighted by Crippen LogP contribution is 2.35. The summed E-state index contributed by atoms with van der Waals surface area (Å²) in [6, 6.07) is 3.81. The molecule has 0 aliphatic carbocycles. The Hall–Kier alpha value is -1.83. The molecule has 20 heavy (non-hydrogen) atoms. The van der Waals surface area contributed by atoms with Crippen LogP contribution in [-0.4, -0.2) is 26.0 Å². The van der Waals surface area contributed by atoms with E-state index in [0.717, 1.165) is 12.3 Å².